The van der Waals surface area contributed by atoms with Crippen LogP contribution in [-0.4, -0.2) is 55.9 Å². The molecule has 10 heteroatoms. The average Bonchev–Trinajstić information content (AvgIpc) is 2.30. The molecule has 0 aromatic rings. The summed E-state index contributed by atoms with van der Waals surface area (Å²) in [4.78, 5) is 17.3. The first-order valence-electron chi connectivity index (χ1n) is 3.81. The molecule has 0 saturated carbocycles. The second kappa shape index (κ2) is 5.97. The van der Waals surface area contributed by atoms with Crippen LogP contribution in [0.3, 0.4) is 0 Å². The van der Waals surface area contributed by atoms with Gasteiger partial charge in [-0.25, -0.2) is 0 Å². The van der Waals surface area contributed by atoms with E-state index in [-0.39, 0.29) is 9.90 Å². The van der Waals surface area contributed by atoms with Gasteiger partial charge in [-0.15, -0.1) is 0 Å². The Bertz CT molecular complexity index is 243. The summed E-state index contributed by atoms with van der Waals surface area (Å²) in [5.74, 6) is -1.11. The van der Waals surface area contributed by atoms with Crippen LogP contribution in [0, 0.1) is 0 Å². The van der Waals surface area contributed by atoms with E-state index in [0.717, 1.165) is 0 Å². The third-order valence-electron chi connectivity index (χ3n) is 1.84. The molecule has 1 rings (SSSR count). The van der Waals surface area contributed by atoms with Crippen molar-refractivity contribution in [3.63, 3.8) is 0 Å². The van der Waals surface area contributed by atoms with E-state index in [4.69, 9.17) is 19.6 Å². The van der Waals surface area contributed by atoms with Crippen molar-refractivity contribution in [2.75, 3.05) is 6.61 Å². The zero-order valence-electron chi connectivity index (χ0n) is 7.72. The average molecular weight is 280 g/mol. The summed E-state index contributed by atoms with van der Waals surface area (Å²) in [5.41, 5.74) is 0. The Balaban J connectivity index is 0.00000196. The second-order valence-corrected chi connectivity index (χ2v) is 7.37. The van der Waals surface area contributed by atoms with E-state index in [1.807, 2.05) is 0 Å². The van der Waals surface area contributed by atoms with E-state index in [1.54, 1.807) is 0 Å². The van der Waals surface area contributed by atoms with E-state index in [2.05, 4.69) is 0 Å². The molecule has 1 heterocycles. The highest BCUT2D eigenvalue weighted by Gasteiger charge is 2.44. The van der Waals surface area contributed by atoms with Crippen molar-refractivity contribution in [1.82, 2.24) is 0 Å². The molecule has 1 aliphatic rings. The number of rotatable bonds is 3. The molecule has 0 aromatic heterocycles. The maximum atomic E-state index is 10.6. The highest BCUT2D eigenvalue weighted by Crippen LogP contribution is 2.60. The molecule has 5 N–H and O–H groups in total. The Morgan fingerprint density at radius 3 is 2.13 bits per heavy atom. The van der Waals surface area contributed by atoms with Gasteiger partial charge in [0.05, 0.1) is 6.61 Å². The van der Waals surface area contributed by atoms with Gasteiger partial charge in [0.15, 0.2) is 0 Å². The minimum Gasteiger partial charge on any atom is -0.394 e. The lowest BCUT2D eigenvalue weighted by Crippen LogP contribution is -2.32. The third kappa shape index (κ3) is 4.31. The quantitative estimate of drug-likeness (QED) is 0.388. The van der Waals surface area contributed by atoms with Crippen molar-refractivity contribution >= 4 is 25.5 Å². The summed E-state index contributed by atoms with van der Waals surface area (Å²) in [7, 11) is -5.19. The maximum Gasteiger partial charge on any atom is 0.343 e. The largest absolute Gasteiger partial charge is 0.394 e. The van der Waals surface area contributed by atoms with Crippen molar-refractivity contribution in [2.24, 2.45) is 0 Å². The fourth-order valence-corrected chi connectivity index (χ4v) is 3.72. The summed E-state index contributed by atoms with van der Waals surface area (Å²) >= 11 is 0. The minimum absolute atomic E-state index is 0. The number of aliphatic hydroxyl groups excluding tert-OH is 3. The molecule has 0 amide bonds. The lowest BCUT2D eigenvalue weighted by Gasteiger charge is -2.14. The van der Waals surface area contributed by atoms with Gasteiger partial charge in [-0.1, -0.05) is 0 Å². The van der Waals surface area contributed by atoms with E-state index in [9.17, 15) is 14.8 Å². The molecule has 0 spiro atoms. The Hall–Kier alpha value is 0.850. The van der Waals surface area contributed by atoms with Crippen LogP contribution in [-0.2, 0) is 9.30 Å². The lowest BCUT2D eigenvalue weighted by molar-refractivity contribution is -0.00828. The molecule has 1 aliphatic heterocycles. The Morgan fingerprint density at radius 2 is 1.80 bits per heavy atom. The van der Waals surface area contributed by atoms with Gasteiger partial charge in [-0.05, 0) is 0 Å². The summed E-state index contributed by atoms with van der Waals surface area (Å²) < 4.78 is 15.5. The van der Waals surface area contributed by atoms with Gasteiger partial charge >= 0.3 is 7.28 Å². The molecule has 6 atom stereocenters. The number of aliphatic hydroxyl groups is 3. The fraction of sp³-hybridized carbons (Fsp3) is 1.00. The number of ether oxygens (including phenoxy) is 1. The SMILES string of the molecule is O=P(O)(O)PC1O[C@H](CO)[C@@H](O)[C@H]1O.P. The summed E-state index contributed by atoms with van der Waals surface area (Å²) in [6.07, 6.45) is -3.64. The van der Waals surface area contributed by atoms with Crippen LogP contribution in [0.5, 0.6) is 0 Å². The van der Waals surface area contributed by atoms with Crippen LogP contribution in [0.15, 0.2) is 0 Å². The first-order valence-corrected chi connectivity index (χ1v) is 7.34. The van der Waals surface area contributed by atoms with Crippen LogP contribution < -0.4 is 0 Å². The Kier molecular flexibility index (Phi) is 6.30. The van der Waals surface area contributed by atoms with Gasteiger partial charge in [-0.2, -0.15) is 9.90 Å². The molecule has 92 valence electrons. The van der Waals surface area contributed by atoms with E-state index < -0.39 is 46.3 Å². The summed E-state index contributed by atoms with van der Waals surface area (Å²) in [5, 5.41) is 27.2. The molecule has 0 radical (unpaired) electrons. The topological polar surface area (TPSA) is 127 Å². The maximum absolute atomic E-state index is 10.6. The van der Waals surface area contributed by atoms with Crippen LogP contribution in [0.25, 0.3) is 0 Å². The molecule has 1 fully saturated rings. The van der Waals surface area contributed by atoms with Crippen molar-refractivity contribution in [2.45, 2.75) is 24.2 Å². The first kappa shape index (κ1) is 15.9. The normalized spacial score (nSPS) is 37.1. The molecule has 0 aliphatic carbocycles. The van der Waals surface area contributed by atoms with Crippen molar-refractivity contribution < 1.29 is 34.4 Å². The number of hydrogen-bond acceptors (Lipinski definition) is 5. The van der Waals surface area contributed by atoms with Crippen molar-refractivity contribution in [3.8, 4) is 0 Å². The van der Waals surface area contributed by atoms with E-state index in [0.29, 0.717) is 0 Å². The lowest BCUT2D eigenvalue weighted by atomic mass is 10.2. The van der Waals surface area contributed by atoms with Gasteiger partial charge in [0.1, 0.15) is 24.2 Å². The minimum atomic E-state index is -4.27. The third-order valence-corrected chi connectivity index (χ3v) is 4.68. The standard InChI is InChI=1S/C5H12O7P2.H3P/c6-1-2-3(7)4(8)5(12-2)13-14(9,10)11;/h2-8,13H,1H2,(H2,9,10,11);1H3/t2-,3-,4-,5?;/m1./s1. The predicted octanol–water partition coefficient (Wildman–Crippen LogP) is -1.75. The van der Waals surface area contributed by atoms with Gasteiger partial charge < -0.3 is 29.8 Å². The zero-order chi connectivity index (χ0) is 10.9. The van der Waals surface area contributed by atoms with Crippen LogP contribution >= 0.6 is 25.5 Å². The van der Waals surface area contributed by atoms with Crippen LogP contribution in [0.4, 0.5) is 0 Å². The van der Waals surface area contributed by atoms with Gasteiger partial charge in [0.2, 0.25) is 0 Å². The van der Waals surface area contributed by atoms with E-state index >= 15 is 0 Å². The number of hydrogen-bond donors (Lipinski definition) is 5. The van der Waals surface area contributed by atoms with Crippen molar-refractivity contribution in [3.05, 3.63) is 0 Å². The van der Waals surface area contributed by atoms with Crippen LogP contribution in [0.1, 0.15) is 0 Å². The monoisotopic (exact) mass is 280 g/mol. The van der Waals surface area contributed by atoms with Gasteiger partial charge in [0, 0.05) is 8.27 Å². The van der Waals surface area contributed by atoms with Gasteiger partial charge in [0.25, 0.3) is 0 Å². The molecule has 1 saturated heterocycles. The highest BCUT2D eigenvalue weighted by atomic mass is 32.1. The molecule has 0 aromatic carbocycles. The smallest absolute Gasteiger partial charge is 0.343 e. The van der Waals surface area contributed by atoms with Crippen molar-refractivity contribution in [1.29, 1.82) is 0 Å². The predicted molar refractivity (Wildman–Crippen MR) is 59.2 cm³/mol. The first-order chi connectivity index (χ1) is 6.35. The summed E-state index contributed by atoms with van der Waals surface area (Å²) in [6, 6.07) is 0. The second-order valence-electron chi connectivity index (χ2n) is 2.93. The molecule has 15 heavy (non-hydrogen) atoms. The van der Waals surface area contributed by atoms with E-state index in [1.165, 1.54) is 0 Å². The molecule has 0 bridgehead atoms. The molecular weight excluding hydrogens is 265 g/mol. The van der Waals surface area contributed by atoms with Gasteiger partial charge in [-0.3, -0.25) is 4.57 Å². The zero-order valence-corrected chi connectivity index (χ0v) is 11.0. The Labute approximate surface area is 91.3 Å². The Morgan fingerprint density at radius 1 is 1.27 bits per heavy atom. The highest BCUT2D eigenvalue weighted by molar-refractivity contribution is 8.19. The fourth-order valence-electron chi connectivity index (χ4n) is 1.17. The molecule has 7 nitrogen and oxygen atoms in total. The summed E-state index contributed by atoms with van der Waals surface area (Å²) in [6.45, 7) is -0.500. The molecular formula is C5H15O7P3. The molecule has 3 unspecified atom stereocenters. The van der Waals surface area contributed by atoms with Crippen LogP contribution in [0.2, 0.25) is 0 Å².